The molecule has 1 aromatic carbocycles. The normalized spacial score (nSPS) is 12.8. The Balaban J connectivity index is 2.43. The number of nitrogens with zero attached hydrogens (tertiary/aromatic N) is 2. The molecule has 0 aliphatic rings. The van der Waals surface area contributed by atoms with Crippen LogP contribution < -0.4 is 0 Å². The number of aliphatic hydroxyl groups excluding tert-OH is 1. The molecule has 3 heteroatoms. The number of aliphatic hydroxyl groups is 1. The monoisotopic (exact) mass is 230 g/mol. The molecule has 90 valence electrons. The van der Waals surface area contributed by atoms with Gasteiger partial charge in [0.15, 0.2) is 0 Å². The van der Waals surface area contributed by atoms with Crippen LogP contribution in [-0.2, 0) is 7.05 Å². The molecule has 0 aliphatic carbocycles. The second-order valence-electron chi connectivity index (χ2n) is 4.61. The highest BCUT2D eigenvalue weighted by Crippen LogP contribution is 2.25. The molecular weight excluding hydrogens is 212 g/mol. The number of benzene rings is 1. The summed E-state index contributed by atoms with van der Waals surface area (Å²) in [4.78, 5) is 0. The van der Waals surface area contributed by atoms with Crippen molar-refractivity contribution in [2.24, 2.45) is 7.05 Å². The second-order valence-corrected chi connectivity index (χ2v) is 4.61. The lowest BCUT2D eigenvalue weighted by atomic mass is 9.96. The van der Waals surface area contributed by atoms with Crippen molar-refractivity contribution in [2.75, 3.05) is 0 Å². The Morgan fingerprint density at radius 3 is 2.35 bits per heavy atom. The van der Waals surface area contributed by atoms with Crippen LogP contribution in [0.1, 0.15) is 34.1 Å². The van der Waals surface area contributed by atoms with E-state index < -0.39 is 6.10 Å². The second kappa shape index (κ2) is 4.34. The maximum absolute atomic E-state index is 10.3. The van der Waals surface area contributed by atoms with E-state index in [1.807, 2.05) is 32.3 Å². The summed E-state index contributed by atoms with van der Waals surface area (Å²) in [5.41, 5.74) is 5.18. The molecule has 0 radical (unpaired) electrons. The van der Waals surface area contributed by atoms with E-state index in [9.17, 15) is 5.11 Å². The molecule has 0 spiro atoms. The first kappa shape index (κ1) is 11.9. The average molecular weight is 230 g/mol. The highest BCUT2D eigenvalue weighted by atomic mass is 16.3. The van der Waals surface area contributed by atoms with E-state index in [2.05, 4.69) is 25.0 Å². The Labute approximate surface area is 102 Å². The van der Waals surface area contributed by atoms with Gasteiger partial charge < -0.3 is 5.11 Å². The van der Waals surface area contributed by atoms with Crippen molar-refractivity contribution >= 4 is 0 Å². The van der Waals surface area contributed by atoms with Gasteiger partial charge in [-0.05, 0) is 49.1 Å². The van der Waals surface area contributed by atoms with Gasteiger partial charge in [0.2, 0.25) is 0 Å². The minimum absolute atomic E-state index is 0.643. The summed E-state index contributed by atoms with van der Waals surface area (Å²) in [6.07, 6.45) is 1.20. The molecule has 1 unspecified atom stereocenters. The maximum Gasteiger partial charge on any atom is 0.123 e. The SMILES string of the molecule is Cc1cc(C)c(C(O)c2ccn(C)n2)cc1C. The smallest absolute Gasteiger partial charge is 0.123 e. The van der Waals surface area contributed by atoms with Gasteiger partial charge in [0.1, 0.15) is 6.10 Å². The van der Waals surface area contributed by atoms with Crippen LogP contribution in [-0.4, -0.2) is 14.9 Å². The van der Waals surface area contributed by atoms with E-state index in [-0.39, 0.29) is 0 Å². The number of rotatable bonds is 2. The van der Waals surface area contributed by atoms with E-state index in [4.69, 9.17) is 0 Å². The number of aryl methyl sites for hydroxylation is 4. The Kier molecular flexibility index (Phi) is 3.03. The van der Waals surface area contributed by atoms with Crippen molar-refractivity contribution in [2.45, 2.75) is 26.9 Å². The largest absolute Gasteiger partial charge is 0.382 e. The van der Waals surface area contributed by atoms with Crippen LogP contribution >= 0.6 is 0 Å². The van der Waals surface area contributed by atoms with Gasteiger partial charge >= 0.3 is 0 Å². The first-order valence-electron chi connectivity index (χ1n) is 5.74. The molecule has 0 saturated heterocycles. The Morgan fingerprint density at radius 2 is 1.76 bits per heavy atom. The van der Waals surface area contributed by atoms with Gasteiger partial charge in [-0.25, -0.2) is 0 Å². The zero-order valence-corrected chi connectivity index (χ0v) is 10.7. The van der Waals surface area contributed by atoms with Crippen LogP contribution in [0.2, 0.25) is 0 Å². The molecular formula is C14H18N2O. The van der Waals surface area contributed by atoms with E-state index in [0.717, 1.165) is 11.1 Å². The van der Waals surface area contributed by atoms with Gasteiger partial charge in [-0.2, -0.15) is 5.10 Å². The molecule has 17 heavy (non-hydrogen) atoms. The van der Waals surface area contributed by atoms with E-state index in [1.54, 1.807) is 4.68 Å². The lowest BCUT2D eigenvalue weighted by Crippen LogP contribution is -2.05. The lowest BCUT2D eigenvalue weighted by molar-refractivity contribution is 0.213. The summed E-state index contributed by atoms with van der Waals surface area (Å²) in [5.74, 6) is 0. The summed E-state index contributed by atoms with van der Waals surface area (Å²) in [5, 5.41) is 14.6. The third-order valence-electron chi connectivity index (χ3n) is 3.19. The van der Waals surface area contributed by atoms with Crippen LogP contribution in [0, 0.1) is 20.8 Å². The number of hydrogen-bond donors (Lipinski definition) is 1. The fourth-order valence-corrected chi connectivity index (χ4v) is 2.02. The molecule has 0 saturated carbocycles. The molecule has 1 heterocycles. The van der Waals surface area contributed by atoms with Crippen molar-refractivity contribution in [1.82, 2.24) is 9.78 Å². The Morgan fingerprint density at radius 1 is 1.12 bits per heavy atom. The molecule has 0 amide bonds. The van der Waals surface area contributed by atoms with Crippen LogP contribution in [0.3, 0.4) is 0 Å². The number of aromatic nitrogens is 2. The molecule has 0 aliphatic heterocycles. The van der Waals surface area contributed by atoms with Gasteiger partial charge in [-0.3, -0.25) is 4.68 Å². The van der Waals surface area contributed by atoms with E-state index in [1.165, 1.54) is 11.1 Å². The quantitative estimate of drug-likeness (QED) is 0.860. The summed E-state index contributed by atoms with van der Waals surface area (Å²) < 4.78 is 1.70. The van der Waals surface area contributed by atoms with Crippen LogP contribution in [0.15, 0.2) is 24.4 Å². The van der Waals surface area contributed by atoms with E-state index >= 15 is 0 Å². The maximum atomic E-state index is 10.3. The molecule has 1 aromatic heterocycles. The van der Waals surface area contributed by atoms with Crippen LogP contribution in [0.25, 0.3) is 0 Å². The third kappa shape index (κ3) is 2.24. The van der Waals surface area contributed by atoms with Crippen LogP contribution in [0.4, 0.5) is 0 Å². The number of hydrogen-bond acceptors (Lipinski definition) is 2. The summed E-state index contributed by atoms with van der Waals surface area (Å²) >= 11 is 0. The van der Waals surface area contributed by atoms with Gasteiger partial charge in [-0.1, -0.05) is 12.1 Å². The van der Waals surface area contributed by atoms with Gasteiger partial charge in [0.05, 0.1) is 5.69 Å². The zero-order valence-electron chi connectivity index (χ0n) is 10.7. The lowest BCUT2D eigenvalue weighted by Gasteiger charge is -2.14. The summed E-state index contributed by atoms with van der Waals surface area (Å²) in [6, 6.07) is 6.00. The van der Waals surface area contributed by atoms with Gasteiger partial charge in [-0.15, -0.1) is 0 Å². The van der Waals surface area contributed by atoms with Crippen molar-refractivity contribution in [3.63, 3.8) is 0 Å². The average Bonchev–Trinajstić information content (AvgIpc) is 2.69. The van der Waals surface area contributed by atoms with Crippen molar-refractivity contribution < 1.29 is 5.11 Å². The highest BCUT2D eigenvalue weighted by molar-refractivity contribution is 5.40. The van der Waals surface area contributed by atoms with Crippen molar-refractivity contribution in [3.05, 3.63) is 52.3 Å². The Hall–Kier alpha value is -1.61. The summed E-state index contributed by atoms with van der Waals surface area (Å²) in [6.45, 7) is 6.16. The first-order valence-corrected chi connectivity index (χ1v) is 5.74. The predicted octanol–water partition coefficient (Wildman–Crippen LogP) is 2.43. The van der Waals surface area contributed by atoms with E-state index in [0.29, 0.717) is 5.69 Å². The fourth-order valence-electron chi connectivity index (χ4n) is 2.02. The summed E-state index contributed by atoms with van der Waals surface area (Å²) in [7, 11) is 1.85. The van der Waals surface area contributed by atoms with Crippen molar-refractivity contribution in [1.29, 1.82) is 0 Å². The predicted molar refractivity (Wildman–Crippen MR) is 67.9 cm³/mol. The van der Waals surface area contributed by atoms with Crippen LogP contribution in [0.5, 0.6) is 0 Å². The molecule has 0 bridgehead atoms. The fraction of sp³-hybridized carbons (Fsp3) is 0.357. The van der Waals surface area contributed by atoms with Gasteiger partial charge in [0.25, 0.3) is 0 Å². The minimum atomic E-state index is -0.643. The molecule has 1 atom stereocenters. The molecule has 2 rings (SSSR count). The zero-order chi connectivity index (χ0) is 12.6. The minimum Gasteiger partial charge on any atom is -0.382 e. The standard InChI is InChI=1S/C14H18N2O/c1-9-7-11(3)12(8-10(9)2)14(17)13-5-6-16(4)15-13/h5-8,14,17H,1-4H3. The highest BCUT2D eigenvalue weighted by Gasteiger charge is 2.16. The van der Waals surface area contributed by atoms with Gasteiger partial charge in [0, 0.05) is 13.2 Å². The molecule has 3 nitrogen and oxygen atoms in total. The third-order valence-corrected chi connectivity index (χ3v) is 3.19. The molecule has 0 fully saturated rings. The van der Waals surface area contributed by atoms with Crippen molar-refractivity contribution in [3.8, 4) is 0 Å². The molecule has 2 aromatic rings. The Bertz CT molecular complexity index is 543. The first-order chi connectivity index (χ1) is 7.99. The molecule has 1 N–H and O–H groups in total. The topological polar surface area (TPSA) is 38.0 Å².